The van der Waals surface area contributed by atoms with E-state index in [1.807, 2.05) is 6.07 Å². The minimum Gasteiger partial charge on any atom is -0.383 e. The van der Waals surface area contributed by atoms with E-state index in [0.717, 1.165) is 5.56 Å². The van der Waals surface area contributed by atoms with Gasteiger partial charge in [-0.1, -0.05) is 29.8 Å². The molecule has 0 saturated heterocycles. The molecule has 1 aromatic carbocycles. The number of hydrogen-bond acceptors (Lipinski definition) is 4. The third-order valence-electron chi connectivity index (χ3n) is 3.19. The average Bonchev–Trinajstić information content (AvgIpc) is 2.84. The van der Waals surface area contributed by atoms with Crippen LogP contribution in [-0.4, -0.2) is 30.0 Å². The zero-order chi connectivity index (χ0) is 14.9. The summed E-state index contributed by atoms with van der Waals surface area (Å²) in [5.41, 5.74) is 6.31. The molecule has 1 unspecified atom stereocenters. The van der Waals surface area contributed by atoms with E-state index in [1.165, 1.54) is 17.5 Å². The molecule has 2 rings (SSSR count). The number of anilines is 1. The second kappa shape index (κ2) is 5.43. The molecule has 0 amide bonds. The van der Waals surface area contributed by atoms with Gasteiger partial charge in [0.25, 0.3) is 0 Å². The van der Waals surface area contributed by atoms with Gasteiger partial charge >= 0.3 is 0 Å². The average molecular weight is 315 g/mol. The molecular weight excluding hydrogens is 300 g/mol. The molecule has 0 radical (unpaired) electrons. The van der Waals surface area contributed by atoms with E-state index in [2.05, 4.69) is 10.2 Å². The second-order valence-corrected chi connectivity index (χ2v) is 6.74. The smallest absolute Gasteiger partial charge is 0.248 e. The van der Waals surface area contributed by atoms with Gasteiger partial charge < -0.3 is 5.73 Å². The van der Waals surface area contributed by atoms with Crippen LogP contribution in [-0.2, 0) is 10.0 Å². The Labute approximate surface area is 122 Å². The number of H-pyrrole nitrogens is 1. The fourth-order valence-corrected chi connectivity index (χ4v) is 3.51. The fourth-order valence-electron chi connectivity index (χ4n) is 1.86. The molecule has 0 aliphatic rings. The van der Waals surface area contributed by atoms with E-state index in [-0.39, 0.29) is 10.7 Å². The number of nitrogens with zero attached hydrogens (tertiary/aromatic N) is 2. The normalized spacial score (nSPS) is 13.6. The number of aromatic nitrogens is 2. The Hall–Kier alpha value is -1.57. The maximum atomic E-state index is 12.5. The molecule has 1 aromatic heterocycles. The molecule has 108 valence electrons. The summed E-state index contributed by atoms with van der Waals surface area (Å²) in [6, 6.07) is 6.69. The Morgan fingerprint density at radius 1 is 1.40 bits per heavy atom. The molecule has 20 heavy (non-hydrogen) atoms. The number of rotatable bonds is 4. The lowest BCUT2D eigenvalue weighted by molar-refractivity contribution is 0.399. The predicted molar refractivity (Wildman–Crippen MR) is 77.8 cm³/mol. The lowest BCUT2D eigenvalue weighted by Gasteiger charge is -2.24. The molecule has 3 N–H and O–H groups in total. The van der Waals surface area contributed by atoms with Gasteiger partial charge in [-0.2, -0.15) is 9.40 Å². The Bertz CT molecular complexity index is 714. The van der Waals surface area contributed by atoms with Crippen LogP contribution in [0, 0.1) is 0 Å². The van der Waals surface area contributed by atoms with Crippen molar-refractivity contribution in [3.8, 4) is 0 Å². The first kappa shape index (κ1) is 14.8. The van der Waals surface area contributed by atoms with E-state index in [9.17, 15) is 8.42 Å². The van der Waals surface area contributed by atoms with E-state index in [1.54, 1.807) is 25.1 Å². The van der Waals surface area contributed by atoms with E-state index < -0.39 is 16.1 Å². The standard InChI is InChI=1S/C12H15ClN4O2S/c1-8(9-5-3-4-6-10(9)13)17(2)20(18,19)11-7-15-16-12(11)14/h3-8H,1-2H3,(H3,14,15,16). The van der Waals surface area contributed by atoms with Crippen molar-refractivity contribution in [1.29, 1.82) is 0 Å². The summed E-state index contributed by atoms with van der Waals surface area (Å²) in [5, 5.41) is 6.57. The van der Waals surface area contributed by atoms with E-state index in [0.29, 0.717) is 5.02 Å². The maximum absolute atomic E-state index is 12.5. The summed E-state index contributed by atoms with van der Waals surface area (Å²) in [6.45, 7) is 1.76. The topological polar surface area (TPSA) is 92.1 Å². The molecule has 0 bridgehead atoms. The summed E-state index contributed by atoms with van der Waals surface area (Å²) < 4.78 is 26.2. The van der Waals surface area contributed by atoms with Gasteiger partial charge in [0.15, 0.2) is 0 Å². The maximum Gasteiger partial charge on any atom is 0.248 e. The number of aromatic amines is 1. The van der Waals surface area contributed by atoms with Crippen molar-refractivity contribution in [3.05, 3.63) is 41.0 Å². The number of nitrogens with two attached hydrogens (primary N) is 1. The Balaban J connectivity index is 2.39. The molecule has 0 aliphatic carbocycles. The molecule has 2 aromatic rings. The van der Waals surface area contributed by atoms with Crippen LogP contribution >= 0.6 is 11.6 Å². The molecule has 0 spiro atoms. The van der Waals surface area contributed by atoms with Crippen molar-refractivity contribution in [3.63, 3.8) is 0 Å². The number of hydrogen-bond donors (Lipinski definition) is 2. The van der Waals surface area contributed by atoms with Crippen molar-refractivity contribution >= 4 is 27.4 Å². The SMILES string of the molecule is CC(c1ccccc1Cl)N(C)S(=O)(=O)c1cn[nH]c1N. The van der Waals surface area contributed by atoms with Gasteiger partial charge in [0.05, 0.1) is 6.20 Å². The highest BCUT2D eigenvalue weighted by atomic mass is 35.5. The number of halogens is 1. The second-order valence-electron chi connectivity index (χ2n) is 4.37. The first-order valence-electron chi connectivity index (χ1n) is 5.87. The summed E-state index contributed by atoms with van der Waals surface area (Å²) >= 11 is 6.10. The lowest BCUT2D eigenvalue weighted by Crippen LogP contribution is -2.30. The van der Waals surface area contributed by atoms with Gasteiger partial charge in [0, 0.05) is 18.1 Å². The number of benzene rings is 1. The van der Waals surface area contributed by atoms with Crippen LogP contribution < -0.4 is 5.73 Å². The van der Waals surface area contributed by atoms with Crippen LogP contribution in [0.15, 0.2) is 35.4 Å². The monoisotopic (exact) mass is 314 g/mol. The summed E-state index contributed by atoms with van der Waals surface area (Å²) in [6.07, 6.45) is 1.19. The zero-order valence-corrected chi connectivity index (χ0v) is 12.6. The van der Waals surface area contributed by atoms with Crippen LogP contribution in [0.1, 0.15) is 18.5 Å². The third kappa shape index (κ3) is 2.52. The third-order valence-corrected chi connectivity index (χ3v) is 5.49. The first-order chi connectivity index (χ1) is 9.35. The van der Waals surface area contributed by atoms with E-state index in [4.69, 9.17) is 17.3 Å². The van der Waals surface area contributed by atoms with Crippen molar-refractivity contribution < 1.29 is 8.42 Å². The Morgan fingerprint density at radius 3 is 2.60 bits per heavy atom. The quantitative estimate of drug-likeness (QED) is 0.903. The van der Waals surface area contributed by atoms with Gasteiger partial charge in [-0.15, -0.1) is 0 Å². The summed E-state index contributed by atoms with van der Waals surface area (Å²) in [5.74, 6) is 0.0169. The first-order valence-corrected chi connectivity index (χ1v) is 7.68. The molecule has 0 saturated carbocycles. The largest absolute Gasteiger partial charge is 0.383 e. The van der Waals surface area contributed by atoms with Gasteiger partial charge in [-0.3, -0.25) is 5.10 Å². The van der Waals surface area contributed by atoms with Crippen LogP contribution in [0.3, 0.4) is 0 Å². The minimum absolute atomic E-state index is 0.0169. The predicted octanol–water partition coefficient (Wildman–Crippen LogP) is 2.03. The van der Waals surface area contributed by atoms with Crippen molar-refractivity contribution in [2.45, 2.75) is 17.9 Å². The van der Waals surface area contributed by atoms with E-state index >= 15 is 0 Å². The van der Waals surface area contributed by atoms with Crippen LogP contribution in [0.5, 0.6) is 0 Å². The minimum atomic E-state index is -3.73. The molecule has 0 fully saturated rings. The van der Waals surface area contributed by atoms with Crippen LogP contribution in [0.25, 0.3) is 0 Å². The molecular formula is C12H15ClN4O2S. The molecule has 6 nitrogen and oxygen atoms in total. The van der Waals surface area contributed by atoms with Gasteiger partial charge in [-0.05, 0) is 18.6 Å². The Kier molecular flexibility index (Phi) is 4.03. The van der Waals surface area contributed by atoms with Gasteiger partial charge in [-0.25, -0.2) is 8.42 Å². The highest BCUT2D eigenvalue weighted by Crippen LogP contribution is 2.31. The van der Waals surface area contributed by atoms with Crippen LogP contribution in [0.2, 0.25) is 5.02 Å². The van der Waals surface area contributed by atoms with Crippen LogP contribution in [0.4, 0.5) is 5.82 Å². The van der Waals surface area contributed by atoms with Crippen molar-refractivity contribution in [2.75, 3.05) is 12.8 Å². The summed E-state index contributed by atoms with van der Waals surface area (Å²) in [4.78, 5) is -0.0427. The molecule has 8 heteroatoms. The van der Waals surface area contributed by atoms with Gasteiger partial charge in [0.2, 0.25) is 10.0 Å². The van der Waals surface area contributed by atoms with Gasteiger partial charge in [0.1, 0.15) is 10.7 Å². The lowest BCUT2D eigenvalue weighted by atomic mass is 10.1. The molecule has 1 heterocycles. The summed E-state index contributed by atoms with van der Waals surface area (Å²) in [7, 11) is -2.25. The molecule has 0 aliphatic heterocycles. The number of nitrogens with one attached hydrogen (secondary N) is 1. The number of sulfonamides is 1. The van der Waals surface area contributed by atoms with Crippen molar-refractivity contribution in [2.24, 2.45) is 0 Å². The number of nitrogen functional groups attached to an aromatic ring is 1. The molecule has 1 atom stereocenters. The highest BCUT2D eigenvalue weighted by Gasteiger charge is 2.29. The Morgan fingerprint density at radius 2 is 2.05 bits per heavy atom. The zero-order valence-electron chi connectivity index (χ0n) is 11.0. The highest BCUT2D eigenvalue weighted by molar-refractivity contribution is 7.89. The fraction of sp³-hybridized carbons (Fsp3) is 0.250. The van der Waals surface area contributed by atoms with Crippen molar-refractivity contribution in [1.82, 2.24) is 14.5 Å².